The largest absolute Gasteiger partial charge is 0.331 e. The second-order valence-electron chi connectivity index (χ2n) is 4.58. The van der Waals surface area contributed by atoms with Crippen LogP contribution in [0.15, 0.2) is 27.8 Å². The first-order chi connectivity index (χ1) is 8.97. The number of likely N-dealkylation sites (N-methyl/N-ethyl adjacent to an activating group) is 1. The first-order valence-electron chi connectivity index (χ1n) is 6.02. The van der Waals surface area contributed by atoms with Crippen LogP contribution in [0.1, 0.15) is 6.92 Å². The summed E-state index contributed by atoms with van der Waals surface area (Å²) >= 11 is 0. The van der Waals surface area contributed by atoms with Crippen LogP contribution in [0.2, 0.25) is 0 Å². The van der Waals surface area contributed by atoms with Crippen molar-refractivity contribution in [2.75, 3.05) is 7.05 Å². The number of para-hydroxylation sites is 1. The normalized spacial score (nSPS) is 12.8. The van der Waals surface area contributed by atoms with E-state index in [-0.39, 0.29) is 23.5 Å². The van der Waals surface area contributed by atoms with Crippen molar-refractivity contribution in [3.63, 3.8) is 0 Å². The predicted octanol–water partition coefficient (Wildman–Crippen LogP) is 0.447. The Hall–Kier alpha value is -1.95. The summed E-state index contributed by atoms with van der Waals surface area (Å²) in [4.78, 5) is 24.4. The van der Waals surface area contributed by atoms with Gasteiger partial charge in [-0.25, -0.2) is 9.18 Å². The maximum atomic E-state index is 13.7. The number of fused-ring (bicyclic) bond motifs is 1. The van der Waals surface area contributed by atoms with E-state index in [1.807, 2.05) is 6.92 Å². The average molecular weight is 265 g/mol. The zero-order valence-corrected chi connectivity index (χ0v) is 11.1. The SMILES string of the molecule is CNC(C)Cn1c(=O)c2cccc(F)c2n(C)c1=O. The smallest absolute Gasteiger partial charge is 0.315 e. The van der Waals surface area contributed by atoms with Gasteiger partial charge in [0.05, 0.1) is 10.9 Å². The van der Waals surface area contributed by atoms with Crippen LogP contribution >= 0.6 is 0 Å². The molecule has 0 aliphatic carbocycles. The number of hydrogen-bond donors (Lipinski definition) is 1. The third-order valence-electron chi connectivity index (χ3n) is 3.26. The zero-order valence-electron chi connectivity index (χ0n) is 11.1. The van der Waals surface area contributed by atoms with E-state index < -0.39 is 17.1 Å². The Balaban J connectivity index is 2.82. The molecule has 19 heavy (non-hydrogen) atoms. The van der Waals surface area contributed by atoms with Crippen molar-refractivity contribution in [1.82, 2.24) is 14.5 Å². The molecular formula is C13H16FN3O2. The molecule has 1 atom stereocenters. The molecule has 0 aliphatic rings. The Morgan fingerprint density at radius 3 is 2.68 bits per heavy atom. The van der Waals surface area contributed by atoms with Crippen LogP contribution in [0.4, 0.5) is 4.39 Å². The van der Waals surface area contributed by atoms with Gasteiger partial charge in [-0.3, -0.25) is 13.9 Å². The summed E-state index contributed by atoms with van der Waals surface area (Å²) < 4.78 is 16.1. The number of rotatable bonds is 3. The van der Waals surface area contributed by atoms with E-state index in [1.165, 1.54) is 29.8 Å². The summed E-state index contributed by atoms with van der Waals surface area (Å²) in [6.45, 7) is 2.11. The van der Waals surface area contributed by atoms with E-state index >= 15 is 0 Å². The second-order valence-corrected chi connectivity index (χ2v) is 4.58. The Bertz CT molecular complexity index is 733. The van der Waals surface area contributed by atoms with Crippen LogP contribution in [0, 0.1) is 5.82 Å². The van der Waals surface area contributed by atoms with E-state index in [9.17, 15) is 14.0 Å². The van der Waals surface area contributed by atoms with Crippen LogP contribution in [0.25, 0.3) is 10.9 Å². The van der Waals surface area contributed by atoms with E-state index in [0.29, 0.717) is 0 Å². The van der Waals surface area contributed by atoms with Gasteiger partial charge >= 0.3 is 5.69 Å². The Labute approximate surface area is 109 Å². The Kier molecular flexibility index (Phi) is 3.53. The average Bonchev–Trinajstić information content (AvgIpc) is 2.40. The number of nitrogens with one attached hydrogen (secondary N) is 1. The van der Waals surface area contributed by atoms with Gasteiger partial charge in [0.2, 0.25) is 0 Å². The maximum absolute atomic E-state index is 13.7. The van der Waals surface area contributed by atoms with Gasteiger partial charge in [0, 0.05) is 19.6 Å². The number of hydrogen-bond acceptors (Lipinski definition) is 3. The molecule has 1 aromatic heterocycles. The van der Waals surface area contributed by atoms with Crippen molar-refractivity contribution in [1.29, 1.82) is 0 Å². The summed E-state index contributed by atoms with van der Waals surface area (Å²) in [5.74, 6) is -0.567. The molecular weight excluding hydrogens is 249 g/mol. The van der Waals surface area contributed by atoms with Crippen molar-refractivity contribution in [3.05, 3.63) is 44.9 Å². The summed E-state index contributed by atoms with van der Waals surface area (Å²) in [6, 6.07) is 4.20. The third kappa shape index (κ3) is 2.19. The molecule has 0 spiro atoms. The van der Waals surface area contributed by atoms with Gasteiger partial charge in [-0.1, -0.05) is 6.07 Å². The molecule has 1 aromatic carbocycles. The van der Waals surface area contributed by atoms with Crippen LogP contribution in [-0.2, 0) is 13.6 Å². The molecule has 102 valence electrons. The lowest BCUT2D eigenvalue weighted by atomic mass is 10.2. The fourth-order valence-electron chi connectivity index (χ4n) is 2.06. The molecule has 2 rings (SSSR count). The summed E-state index contributed by atoms with van der Waals surface area (Å²) in [5.41, 5.74) is -0.921. The molecule has 0 aliphatic heterocycles. The highest BCUT2D eigenvalue weighted by atomic mass is 19.1. The Morgan fingerprint density at radius 1 is 1.37 bits per heavy atom. The fraction of sp³-hybridized carbons (Fsp3) is 0.385. The van der Waals surface area contributed by atoms with Crippen LogP contribution < -0.4 is 16.6 Å². The molecule has 0 saturated heterocycles. The number of halogens is 1. The molecule has 0 radical (unpaired) electrons. The van der Waals surface area contributed by atoms with Crippen LogP contribution in [0.5, 0.6) is 0 Å². The molecule has 0 fully saturated rings. The van der Waals surface area contributed by atoms with E-state index in [2.05, 4.69) is 5.32 Å². The monoisotopic (exact) mass is 265 g/mol. The minimum absolute atomic E-state index is 0.0311. The summed E-state index contributed by atoms with van der Waals surface area (Å²) in [5, 5.41) is 3.18. The lowest BCUT2D eigenvalue weighted by Gasteiger charge is -2.14. The van der Waals surface area contributed by atoms with Crippen molar-refractivity contribution in [2.24, 2.45) is 7.05 Å². The second kappa shape index (κ2) is 4.97. The lowest BCUT2D eigenvalue weighted by molar-refractivity contribution is 0.482. The van der Waals surface area contributed by atoms with Gasteiger partial charge in [-0.2, -0.15) is 0 Å². The molecule has 0 bridgehead atoms. The summed E-state index contributed by atoms with van der Waals surface area (Å²) in [7, 11) is 3.22. The van der Waals surface area contributed by atoms with E-state index in [4.69, 9.17) is 0 Å². The molecule has 0 saturated carbocycles. The van der Waals surface area contributed by atoms with Gasteiger partial charge < -0.3 is 5.32 Å². The first kappa shape index (κ1) is 13.5. The molecule has 1 unspecified atom stereocenters. The number of benzene rings is 1. The zero-order chi connectivity index (χ0) is 14.2. The minimum atomic E-state index is -0.567. The molecule has 5 nitrogen and oxygen atoms in total. The van der Waals surface area contributed by atoms with Crippen LogP contribution in [-0.4, -0.2) is 22.2 Å². The number of nitrogens with zero attached hydrogens (tertiary/aromatic N) is 2. The Morgan fingerprint density at radius 2 is 2.05 bits per heavy atom. The predicted molar refractivity (Wildman–Crippen MR) is 71.9 cm³/mol. The van der Waals surface area contributed by atoms with Crippen LogP contribution in [0.3, 0.4) is 0 Å². The topological polar surface area (TPSA) is 56.0 Å². The number of aromatic nitrogens is 2. The van der Waals surface area contributed by atoms with Gasteiger partial charge in [0.15, 0.2) is 0 Å². The standard InChI is InChI=1S/C13H16FN3O2/c1-8(15-2)7-17-12(18)9-5-4-6-10(14)11(9)16(3)13(17)19/h4-6,8,15H,7H2,1-3H3. The maximum Gasteiger partial charge on any atom is 0.331 e. The van der Waals surface area contributed by atoms with Gasteiger partial charge in [-0.05, 0) is 26.1 Å². The summed E-state index contributed by atoms with van der Waals surface area (Å²) in [6.07, 6.45) is 0. The van der Waals surface area contributed by atoms with Gasteiger partial charge in [0.1, 0.15) is 5.82 Å². The van der Waals surface area contributed by atoms with Crippen molar-refractivity contribution < 1.29 is 4.39 Å². The highest BCUT2D eigenvalue weighted by molar-refractivity contribution is 5.78. The molecule has 6 heteroatoms. The number of aryl methyl sites for hydroxylation is 1. The fourth-order valence-corrected chi connectivity index (χ4v) is 2.06. The molecule has 1 heterocycles. The first-order valence-corrected chi connectivity index (χ1v) is 6.02. The van der Waals surface area contributed by atoms with E-state index in [1.54, 1.807) is 7.05 Å². The van der Waals surface area contributed by atoms with Gasteiger partial charge in [0.25, 0.3) is 5.56 Å². The highest BCUT2D eigenvalue weighted by Gasteiger charge is 2.14. The van der Waals surface area contributed by atoms with Crippen molar-refractivity contribution in [3.8, 4) is 0 Å². The van der Waals surface area contributed by atoms with Crippen molar-refractivity contribution >= 4 is 10.9 Å². The molecule has 2 aromatic rings. The molecule has 1 N–H and O–H groups in total. The highest BCUT2D eigenvalue weighted by Crippen LogP contribution is 2.11. The minimum Gasteiger partial charge on any atom is -0.315 e. The quantitative estimate of drug-likeness (QED) is 0.876. The molecule has 0 amide bonds. The lowest BCUT2D eigenvalue weighted by Crippen LogP contribution is -2.43. The third-order valence-corrected chi connectivity index (χ3v) is 3.26. The van der Waals surface area contributed by atoms with E-state index in [0.717, 1.165) is 4.57 Å². The van der Waals surface area contributed by atoms with Gasteiger partial charge in [-0.15, -0.1) is 0 Å². The van der Waals surface area contributed by atoms with Crippen molar-refractivity contribution in [2.45, 2.75) is 19.5 Å².